The Labute approximate surface area is 73.4 Å². The molecule has 1 rings (SSSR count). The molecule has 1 heterocycles. The van der Waals surface area contributed by atoms with Gasteiger partial charge in [0.05, 0.1) is 12.6 Å². The molecule has 0 aromatic heterocycles. The third kappa shape index (κ3) is 1.33. The van der Waals surface area contributed by atoms with Gasteiger partial charge in [0.1, 0.15) is 0 Å². The number of aliphatic hydroxyl groups excluding tert-OH is 1. The molecule has 0 radical (unpaired) electrons. The molecule has 0 spiro atoms. The molecule has 3 heteroatoms. The van der Waals surface area contributed by atoms with Gasteiger partial charge >= 0.3 is 0 Å². The molecule has 70 valence electrons. The van der Waals surface area contributed by atoms with Crippen LogP contribution in [0.2, 0.25) is 0 Å². The zero-order valence-corrected chi connectivity index (χ0v) is 8.00. The number of nitrogens with zero attached hydrogens (tertiary/aromatic N) is 1. The fraction of sp³-hybridized carbons (Fsp3) is 0.889. The van der Waals surface area contributed by atoms with Crippen molar-refractivity contribution in [2.45, 2.75) is 33.2 Å². The van der Waals surface area contributed by atoms with Crippen LogP contribution in [-0.2, 0) is 4.79 Å². The van der Waals surface area contributed by atoms with Gasteiger partial charge in [0.25, 0.3) is 0 Å². The quantitative estimate of drug-likeness (QED) is 0.662. The van der Waals surface area contributed by atoms with Gasteiger partial charge in [-0.25, -0.2) is 0 Å². The number of likely N-dealkylation sites (tertiary alicyclic amines) is 1. The second-order valence-electron chi connectivity index (χ2n) is 4.02. The Bertz CT molecular complexity index is 189. The van der Waals surface area contributed by atoms with Crippen LogP contribution in [0.5, 0.6) is 0 Å². The Hall–Kier alpha value is -0.570. The normalized spacial score (nSPS) is 28.2. The highest BCUT2D eigenvalue weighted by Gasteiger charge is 2.43. The third-order valence-corrected chi connectivity index (χ3v) is 2.58. The first kappa shape index (κ1) is 9.52. The highest BCUT2D eigenvalue weighted by molar-refractivity contribution is 5.84. The van der Waals surface area contributed by atoms with E-state index in [4.69, 9.17) is 5.11 Å². The number of hydrogen-bond acceptors (Lipinski definition) is 2. The van der Waals surface area contributed by atoms with E-state index in [0.29, 0.717) is 6.54 Å². The van der Waals surface area contributed by atoms with Crippen LogP contribution in [0.1, 0.15) is 27.2 Å². The smallest absolute Gasteiger partial charge is 0.228 e. The predicted octanol–water partition coefficient (Wildman–Crippen LogP) is 0.626. The number of amides is 1. The van der Waals surface area contributed by atoms with E-state index in [1.165, 1.54) is 0 Å². The van der Waals surface area contributed by atoms with Gasteiger partial charge in [-0.1, -0.05) is 13.8 Å². The Kier molecular flexibility index (Phi) is 2.42. The van der Waals surface area contributed by atoms with Gasteiger partial charge in [-0.15, -0.1) is 0 Å². The van der Waals surface area contributed by atoms with E-state index in [-0.39, 0.29) is 24.0 Å². The van der Waals surface area contributed by atoms with E-state index in [1.807, 2.05) is 20.8 Å². The van der Waals surface area contributed by atoms with Crippen LogP contribution < -0.4 is 0 Å². The van der Waals surface area contributed by atoms with E-state index in [2.05, 4.69) is 0 Å². The average molecular weight is 171 g/mol. The molecule has 1 aliphatic rings. The van der Waals surface area contributed by atoms with Crippen molar-refractivity contribution in [3.63, 3.8) is 0 Å². The summed E-state index contributed by atoms with van der Waals surface area (Å²) in [7, 11) is 0. The lowest BCUT2D eigenvalue weighted by Crippen LogP contribution is -2.36. The second kappa shape index (κ2) is 3.05. The summed E-state index contributed by atoms with van der Waals surface area (Å²) in [5.74, 6) is 0.170. The number of carbonyl (C=O) groups excluding carboxylic acids is 1. The Morgan fingerprint density at radius 1 is 1.67 bits per heavy atom. The molecule has 1 saturated heterocycles. The molecular weight excluding hydrogens is 154 g/mol. The molecule has 0 aliphatic carbocycles. The monoisotopic (exact) mass is 171 g/mol. The van der Waals surface area contributed by atoms with Crippen molar-refractivity contribution in [1.82, 2.24) is 4.90 Å². The van der Waals surface area contributed by atoms with Crippen molar-refractivity contribution in [3.05, 3.63) is 0 Å². The lowest BCUT2D eigenvalue weighted by atomic mass is 9.90. The molecular formula is C9H17NO2. The number of likely N-dealkylation sites (N-methyl/N-ethyl adjacent to an activating group) is 1. The number of rotatable bonds is 2. The lowest BCUT2D eigenvalue weighted by Gasteiger charge is -2.21. The van der Waals surface area contributed by atoms with Gasteiger partial charge in [0, 0.05) is 12.0 Å². The first-order valence-electron chi connectivity index (χ1n) is 4.45. The van der Waals surface area contributed by atoms with Crippen LogP contribution in [0, 0.1) is 5.41 Å². The predicted molar refractivity (Wildman–Crippen MR) is 46.7 cm³/mol. The molecule has 3 nitrogen and oxygen atoms in total. The molecule has 1 N–H and O–H groups in total. The van der Waals surface area contributed by atoms with Gasteiger partial charge in [0.2, 0.25) is 5.91 Å². The summed E-state index contributed by atoms with van der Waals surface area (Å²) in [5, 5.41) is 9.02. The standard InChI is InChI=1S/C9H17NO2/c1-4-10-7(6-11)5-9(2,3)8(10)12/h7,11H,4-6H2,1-3H3. The molecule has 1 amide bonds. The maximum absolute atomic E-state index is 11.6. The molecule has 0 aromatic rings. The number of aliphatic hydroxyl groups is 1. The topological polar surface area (TPSA) is 40.5 Å². The average Bonchev–Trinajstić information content (AvgIpc) is 2.24. The SMILES string of the molecule is CCN1C(=O)C(C)(C)CC1CO. The Balaban J connectivity index is 2.79. The minimum absolute atomic E-state index is 0.0394. The first-order chi connectivity index (χ1) is 5.53. The second-order valence-corrected chi connectivity index (χ2v) is 4.02. The van der Waals surface area contributed by atoms with E-state index in [1.54, 1.807) is 4.90 Å². The van der Waals surface area contributed by atoms with Crippen molar-refractivity contribution in [2.24, 2.45) is 5.41 Å². The maximum Gasteiger partial charge on any atom is 0.228 e. The molecule has 1 atom stereocenters. The van der Waals surface area contributed by atoms with Crippen LogP contribution in [0.4, 0.5) is 0 Å². The highest BCUT2D eigenvalue weighted by Crippen LogP contribution is 2.34. The number of carbonyl (C=O) groups is 1. The summed E-state index contributed by atoms with van der Waals surface area (Å²) < 4.78 is 0. The molecule has 0 saturated carbocycles. The molecule has 1 fully saturated rings. The molecule has 1 unspecified atom stereocenters. The fourth-order valence-corrected chi connectivity index (χ4v) is 1.91. The third-order valence-electron chi connectivity index (χ3n) is 2.58. The summed E-state index contributed by atoms with van der Waals surface area (Å²) in [6, 6.07) is 0.0394. The lowest BCUT2D eigenvalue weighted by molar-refractivity contribution is -0.135. The minimum atomic E-state index is -0.274. The molecule has 1 aliphatic heterocycles. The van der Waals surface area contributed by atoms with E-state index >= 15 is 0 Å². The Morgan fingerprint density at radius 3 is 2.58 bits per heavy atom. The maximum atomic E-state index is 11.6. The van der Waals surface area contributed by atoms with Gasteiger partial charge in [-0.05, 0) is 13.3 Å². The van der Waals surface area contributed by atoms with Crippen molar-refractivity contribution in [3.8, 4) is 0 Å². The van der Waals surface area contributed by atoms with Crippen LogP contribution in [0.25, 0.3) is 0 Å². The number of hydrogen-bond donors (Lipinski definition) is 1. The summed E-state index contributed by atoms with van der Waals surface area (Å²) in [6.07, 6.45) is 0.774. The van der Waals surface area contributed by atoms with E-state index < -0.39 is 0 Å². The van der Waals surface area contributed by atoms with Crippen molar-refractivity contribution < 1.29 is 9.90 Å². The summed E-state index contributed by atoms with van der Waals surface area (Å²) in [6.45, 7) is 6.61. The zero-order valence-electron chi connectivity index (χ0n) is 8.00. The minimum Gasteiger partial charge on any atom is -0.394 e. The summed E-state index contributed by atoms with van der Waals surface area (Å²) in [4.78, 5) is 13.4. The highest BCUT2D eigenvalue weighted by atomic mass is 16.3. The molecule has 0 bridgehead atoms. The summed E-state index contributed by atoms with van der Waals surface area (Å²) in [5.41, 5.74) is -0.274. The van der Waals surface area contributed by atoms with Gasteiger partial charge in [0.15, 0.2) is 0 Å². The Morgan fingerprint density at radius 2 is 2.25 bits per heavy atom. The zero-order chi connectivity index (χ0) is 9.35. The van der Waals surface area contributed by atoms with Gasteiger partial charge < -0.3 is 10.0 Å². The van der Waals surface area contributed by atoms with Crippen molar-refractivity contribution in [1.29, 1.82) is 0 Å². The van der Waals surface area contributed by atoms with E-state index in [9.17, 15) is 4.79 Å². The van der Waals surface area contributed by atoms with Crippen molar-refractivity contribution in [2.75, 3.05) is 13.2 Å². The summed E-state index contributed by atoms with van der Waals surface area (Å²) >= 11 is 0. The van der Waals surface area contributed by atoms with Gasteiger partial charge in [-0.3, -0.25) is 4.79 Å². The van der Waals surface area contributed by atoms with E-state index in [0.717, 1.165) is 6.42 Å². The van der Waals surface area contributed by atoms with Crippen molar-refractivity contribution >= 4 is 5.91 Å². The first-order valence-corrected chi connectivity index (χ1v) is 4.45. The van der Waals surface area contributed by atoms with Gasteiger partial charge in [-0.2, -0.15) is 0 Å². The van der Waals surface area contributed by atoms with Crippen LogP contribution in [0.15, 0.2) is 0 Å². The molecule has 0 aromatic carbocycles. The van der Waals surface area contributed by atoms with Crippen LogP contribution in [0.3, 0.4) is 0 Å². The largest absolute Gasteiger partial charge is 0.394 e. The molecule has 12 heavy (non-hydrogen) atoms. The van der Waals surface area contributed by atoms with Crippen LogP contribution >= 0.6 is 0 Å². The van der Waals surface area contributed by atoms with Crippen LogP contribution in [-0.4, -0.2) is 35.1 Å². The fourth-order valence-electron chi connectivity index (χ4n) is 1.91.